The van der Waals surface area contributed by atoms with Crippen molar-refractivity contribution in [3.63, 3.8) is 0 Å². The van der Waals surface area contributed by atoms with E-state index in [9.17, 15) is 21.6 Å². The van der Waals surface area contributed by atoms with Crippen molar-refractivity contribution in [3.05, 3.63) is 11.8 Å². The fourth-order valence-electron chi connectivity index (χ4n) is 0.945. The van der Waals surface area contributed by atoms with Crippen LogP contribution in [0.3, 0.4) is 0 Å². The molecule has 16 heavy (non-hydrogen) atoms. The summed E-state index contributed by atoms with van der Waals surface area (Å²) in [5.74, 6) is -0.137. The lowest BCUT2D eigenvalue weighted by atomic mass is 10.2. The highest BCUT2D eigenvalue weighted by Gasteiger charge is 2.48. The molecule has 96 valence electrons. The summed E-state index contributed by atoms with van der Waals surface area (Å²) >= 11 is 0. The molecule has 0 N–H and O–H groups in total. The van der Waals surface area contributed by atoms with Gasteiger partial charge in [-0.1, -0.05) is 20.3 Å². The van der Waals surface area contributed by atoms with Crippen LogP contribution in [0.4, 0.5) is 13.2 Å². The maximum Gasteiger partial charge on any atom is 0.534 e. The molecule has 0 aromatic heterocycles. The van der Waals surface area contributed by atoms with Crippen molar-refractivity contribution in [1.29, 1.82) is 0 Å². The number of hydrogen-bond acceptors (Lipinski definition) is 3. The molecule has 0 unspecified atom stereocenters. The maximum atomic E-state index is 12.0. The number of halogens is 3. The lowest BCUT2D eigenvalue weighted by molar-refractivity contribution is -0.0523. The predicted molar refractivity (Wildman–Crippen MR) is 54.0 cm³/mol. The molecular formula is C9H15F3O3S. The van der Waals surface area contributed by atoms with Gasteiger partial charge >= 0.3 is 15.6 Å². The van der Waals surface area contributed by atoms with Crippen molar-refractivity contribution in [2.75, 3.05) is 0 Å². The predicted octanol–water partition coefficient (Wildman–Crippen LogP) is 3.34. The van der Waals surface area contributed by atoms with Crippen molar-refractivity contribution in [3.8, 4) is 0 Å². The minimum Gasteiger partial charge on any atom is -0.381 e. The van der Waals surface area contributed by atoms with E-state index in [2.05, 4.69) is 4.18 Å². The van der Waals surface area contributed by atoms with Gasteiger partial charge in [0.25, 0.3) is 0 Å². The summed E-state index contributed by atoms with van der Waals surface area (Å²) in [6, 6.07) is 0. The first-order chi connectivity index (χ1) is 7.24. The highest BCUT2D eigenvalue weighted by molar-refractivity contribution is 7.87. The van der Waals surface area contributed by atoms with Crippen LogP contribution >= 0.6 is 0 Å². The Bertz CT molecular complexity index is 330. The second kappa shape index (κ2) is 6.12. The normalized spacial score (nSPS) is 13.9. The van der Waals surface area contributed by atoms with Crippen molar-refractivity contribution in [2.24, 2.45) is 0 Å². The Kier molecular flexibility index (Phi) is 5.85. The largest absolute Gasteiger partial charge is 0.534 e. The molecule has 0 fully saturated rings. The van der Waals surface area contributed by atoms with Crippen molar-refractivity contribution >= 4 is 10.1 Å². The van der Waals surface area contributed by atoms with E-state index < -0.39 is 15.6 Å². The summed E-state index contributed by atoms with van der Waals surface area (Å²) in [6.07, 6.45) is 3.29. The summed E-state index contributed by atoms with van der Waals surface area (Å²) in [5.41, 5.74) is -5.37. The molecule has 0 heterocycles. The quantitative estimate of drug-likeness (QED) is 0.418. The molecule has 0 spiro atoms. The first-order valence-corrected chi connectivity index (χ1v) is 6.35. The van der Waals surface area contributed by atoms with Crippen molar-refractivity contribution in [2.45, 2.75) is 45.0 Å². The van der Waals surface area contributed by atoms with Crippen LogP contribution in [0.1, 0.15) is 39.5 Å². The van der Waals surface area contributed by atoms with Crippen LogP contribution in [-0.4, -0.2) is 13.9 Å². The molecule has 0 radical (unpaired) electrons. The molecule has 0 amide bonds. The van der Waals surface area contributed by atoms with Crippen molar-refractivity contribution < 1.29 is 25.8 Å². The Morgan fingerprint density at radius 2 is 1.88 bits per heavy atom. The molecule has 0 rings (SSSR count). The summed E-state index contributed by atoms with van der Waals surface area (Å²) in [5, 5.41) is 0. The third-order valence-corrected chi connectivity index (χ3v) is 2.71. The van der Waals surface area contributed by atoms with E-state index >= 15 is 0 Å². The molecule has 0 aliphatic rings. The third kappa shape index (κ3) is 4.87. The highest BCUT2D eigenvalue weighted by atomic mass is 32.2. The van der Waals surface area contributed by atoms with Gasteiger partial charge in [-0.15, -0.1) is 0 Å². The van der Waals surface area contributed by atoms with Gasteiger partial charge in [0.05, 0.1) is 0 Å². The zero-order chi connectivity index (χ0) is 12.8. The first-order valence-electron chi connectivity index (χ1n) is 4.94. The fraction of sp³-hybridized carbons (Fsp3) is 0.778. The van der Waals surface area contributed by atoms with Gasteiger partial charge in [0, 0.05) is 6.42 Å². The van der Waals surface area contributed by atoms with Crippen LogP contribution in [0.2, 0.25) is 0 Å². The average Bonchev–Trinajstić information content (AvgIpc) is 2.12. The van der Waals surface area contributed by atoms with Gasteiger partial charge < -0.3 is 4.18 Å². The standard InChI is InChI=1S/C9H15F3O3S/c1-3-5-7-8(6-4-2)15-16(13,14)9(10,11)12/h6H,3-5,7H2,1-2H3. The van der Waals surface area contributed by atoms with E-state index in [-0.39, 0.29) is 12.2 Å². The molecule has 0 bridgehead atoms. The Labute approximate surface area is 93.4 Å². The Balaban J connectivity index is 4.71. The number of allylic oxidation sites excluding steroid dienone is 2. The number of alkyl halides is 3. The Hall–Kier alpha value is -0.720. The van der Waals surface area contributed by atoms with Crippen LogP contribution in [-0.2, 0) is 14.3 Å². The van der Waals surface area contributed by atoms with Crippen molar-refractivity contribution in [1.82, 2.24) is 0 Å². The number of hydrogen-bond donors (Lipinski definition) is 0. The zero-order valence-corrected chi connectivity index (χ0v) is 9.99. The van der Waals surface area contributed by atoms with Gasteiger partial charge in [0.15, 0.2) is 0 Å². The molecule has 3 nitrogen and oxygen atoms in total. The second-order valence-corrected chi connectivity index (χ2v) is 4.70. The summed E-state index contributed by atoms with van der Waals surface area (Å²) in [6.45, 7) is 3.54. The maximum absolute atomic E-state index is 12.0. The minimum absolute atomic E-state index is 0.137. The van der Waals surface area contributed by atoms with Gasteiger partial charge in [0.2, 0.25) is 0 Å². The fourth-order valence-corrected chi connectivity index (χ4v) is 1.47. The van der Waals surface area contributed by atoms with Crippen LogP contribution in [0.5, 0.6) is 0 Å². The van der Waals surface area contributed by atoms with E-state index in [0.717, 1.165) is 6.42 Å². The molecule has 0 saturated heterocycles. The summed E-state index contributed by atoms with van der Waals surface area (Å²) in [7, 11) is -5.52. The summed E-state index contributed by atoms with van der Waals surface area (Å²) in [4.78, 5) is 0. The van der Waals surface area contributed by atoms with E-state index in [0.29, 0.717) is 12.8 Å². The van der Waals surface area contributed by atoms with Crippen LogP contribution < -0.4 is 0 Å². The lowest BCUT2D eigenvalue weighted by Crippen LogP contribution is -2.25. The van der Waals surface area contributed by atoms with E-state index in [1.165, 1.54) is 6.08 Å². The molecule has 0 aliphatic carbocycles. The first kappa shape index (κ1) is 15.3. The second-order valence-electron chi connectivity index (χ2n) is 3.17. The average molecular weight is 260 g/mol. The van der Waals surface area contributed by atoms with Gasteiger partial charge in [-0.05, 0) is 18.9 Å². The molecule has 0 aromatic rings. The van der Waals surface area contributed by atoms with Crippen LogP contribution in [0.25, 0.3) is 0 Å². The molecular weight excluding hydrogens is 245 g/mol. The van der Waals surface area contributed by atoms with Crippen LogP contribution in [0.15, 0.2) is 11.8 Å². The monoisotopic (exact) mass is 260 g/mol. The van der Waals surface area contributed by atoms with Crippen LogP contribution in [0, 0.1) is 0 Å². The molecule has 0 saturated carbocycles. The Morgan fingerprint density at radius 1 is 1.31 bits per heavy atom. The van der Waals surface area contributed by atoms with E-state index in [1.807, 2.05) is 6.92 Å². The molecule has 7 heteroatoms. The van der Waals surface area contributed by atoms with Gasteiger partial charge in [-0.25, -0.2) is 0 Å². The smallest absolute Gasteiger partial charge is 0.381 e. The Morgan fingerprint density at radius 3 is 2.25 bits per heavy atom. The molecule has 0 aliphatic heterocycles. The summed E-state index contributed by atoms with van der Waals surface area (Å²) < 4.78 is 61.5. The lowest BCUT2D eigenvalue weighted by Gasteiger charge is -2.12. The van der Waals surface area contributed by atoms with E-state index in [1.54, 1.807) is 6.92 Å². The highest BCUT2D eigenvalue weighted by Crippen LogP contribution is 2.27. The zero-order valence-electron chi connectivity index (χ0n) is 9.17. The van der Waals surface area contributed by atoms with Gasteiger partial charge in [-0.2, -0.15) is 21.6 Å². The SMILES string of the molecule is CCC=C(CCCC)OS(=O)(=O)C(F)(F)F. The van der Waals surface area contributed by atoms with E-state index in [4.69, 9.17) is 0 Å². The van der Waals surface area contributed by atoms with Gasteiger partial charge in [0.1, 0.15) is 5.76 Å². The molecule has 0 atom stereocenters. The number of unbranched alkanes of at least 4 members (excludes halogenated alkanes) is 1. The molecule has 0 aromatic carbocycles. The minimum atomic E-state index is -5.52. The topological polar surface area (TPSA) is 43.4 Å². The third-order valence-electron chi connectivity index (χ3n) is 1.71. The van der Waals surface area contributed by atoms with Gasteiger partial charge in [-0.3, -0.25) is 0 Å². The number of rotatable bonds is 6.